The maximum Gasteiger partial charge on any atom is 0.257 e. The number of hydrogen-bond donors (Lipinski definition) is 0. The summed E-state index contributed by atoms with van der Waals surface area (Å²) >= 11 is 0. The third-order valence-electron chi connectivity index (χ3n) is 6.24. The Bertz CT molecular complexity index is 1200. The summed E-state index contributed by atoms with van der Waals surface area (Å²) in [5.41, 5.74) is 4.00. The Balaban J connectivity index is 1.77. The van der Waals surface area contributed by atoms with Gasteiger partial charge in [0.05, 0.1) is 30.6 Å². The largest absolute Gasteiger partial charge is 0.494 e. The van der Waals surface area contributed by atoms with Crippen molar-refractivity contribution in [1.82, 2.24) is 19.6 Å². The third kappa shape index (κ3) is 5.30. The Morgan fingerprint density at radius 1 is 1.23 bits per heavy atom. The molecule has 0 saturated heterocycles. The molecule has 3 aromatic rings. The molecule has 1 aliphatic rings. The quantitative estimate of drug-likeness (QED) is 0.414. The van der Waals surface area contributed by atoms with E-state index in [2.05, 4.69) is 25.3 Å². The first-order valence-corrected chi connectivity index (χ1v) is 12.0. The Morgan fingerprint density at radius 2 is 1.97 bits per heavy atom. The van der Waals surface area contributed by atoms with Crippen molar-refractivity contribution in [3.8, 4) is 11.4 Å². The van der Waals surface area contributed by atoms with E-state index in [4.69, 9.17) is 9.84 Å². The fourth-order valence-corrected chi connectivity index (χ4v) is 4.66. The summed E-state index contributed by atoms with van der Waals surface area (Å²) in [5.74, 6) is 0.121. The molecule has 184 valence electrons. The van der Waals surface area contributed by atoms with E-state index in [1.807, 2.05) is 35.0 Å². The number of fused-ring (bicyclic) bond motifs is 1. The number of para-hydroxylation sites is 2. The molecule has 0 radical (unpaired) electrons. The van der Waals surface area contributed by atoms with Gasteiger partial charge in [0.25, 0.3) is 5.91 Å². The summed E-state index contributed by atoms with van der Waals surface area (Å²) in [6.45, 7) is 11.2. The van der Waals surface area contributed by atoms with Gasteiger partial charge in [-0.2, -0.15) is 5.10 Å². The Kier molecular flexibility index (Phi) is 7.66. The molecule has 1 amide bonds. The predicted octanol–water partition coefficient (Wildman–Crippen LogP) is 4.86. The summed E-state index contributed by atoms with van der Waals surface area (Å²) in [6, 6.07) is 14.0. The monoisotopic (exact) mass is 476 g/mol. The molecule has 0 bridgehead atoms. The van der Waals surface area contributed by atoms with Gasteiger partial charge in [0.15, 0.2) is 0 Å². The lowest BCUT2D eigenvalue weighted by molar-refractivity contribution is 0.0714. The van der Waals surface area contributed by atoms with E-state index < -0.39 is 5.82 Å². The van der Waals surface area contributed by atoms with Gasteiger partial charge in [-0.1, -0.05) is 44.2 Å². The van der Waals surface area contributed by atoms with Gasteiger partial charge in [-0.05, 0) is 30.2 Å². The van der Waals surface area contributed by atoms with Gasteiger partial charge < -0.3 is 9.64 Å². The molecule has 0 N–H and O–H groups in total. The predicted molar refractivity (Wildman–Crippen MR) is 135 cm³/mol. The molecule has 0 unspecified atom stereocenters. The van der Waals surface area contributed by atoms with Crippen molar-refractivity contribution in [1.29, 1.82) is 0 Å². The summed E-state index contributed by atoms with van der Waals surface area (Å²) in [4.78, 5) is 17.5. The van der Waals surface area contributed by atoms with Gasteiger partial charge in [-0.3, -0.25) is 9.69 Å². The van der Waals surface area contributed by atoms with Gasteiger partial charge in [0.1, 0.15) is 17.3 Å². The third-order valence-corrected chi connectivity index (χ3v) is 6.24. The summed E-state index contributed by atoms with van der Waals surface area (Å²) in [5, 5.41) is 5.01. The van der Waals surface area contributed by atoms with E-state index in [1.54, 1.807) is 30.2 Å². The average Bonchev–Trinajstić information content (AvgIpc) is 3.21. The van der Waals surface area contributed by atoms with Crippen LogP contribution in [-0.4, -0.2) is 52.2 Å². The smallest absolute Gasteiger partial charge is 0.257 e. The number of benzene rings is 2. The second kappa shape index (κ2) is 10.9. The summed E-state index contributed by atoms with van der Waals surface area (Å²) in [7, 11) is 1.65. The number of aromatic nitrogens is 2. The van der Waals surface area contributed by atoms with Crippen molar-refractivity contribution >= 4 is 5.91 Å². The SMILES string of the molecule is C=CCN1CCc2c(c(CN(CC(C)C)C(=O)c3ccccc3F)nn2-c2ccccc2OC)C1. The maximum atomic E-state index is 14.5. The van der Waals surface area contributed by atoms with Gasteiger partial charge in [-0.15, -0.1) is 6.58 Å². The van der Waals surface area contributed by atoms with E-state index >= 15 is 0 Å². The molecule has 35 heavy (non-hydrogen) atoms. The van der Waals surface area contributed by atoms with Crippen molar-refractivity contribution in [2.75, 3.05) is 26.7 Å². The first kappa shape index (κ1) is 24.7. The second-order valence-electron chi connectivity index (χ2n) is 9.29. The maximum absolute atomic E-state index is 14.5. The lowest BCUT2D eigenvalue weighted by Crippen LogP contribution is -2.35. The number of ether oxygens (including phenoxy) is 1. The Morgan fingerprint density at radius 3 is 2.69 bits per heavy atom. The van der Waals surface area contributed by atoms with Crippen LogP contribution >= 0.6 is 0 Å². The molecule has 0 atom stereocenters. The van der Waals surface area contributed by atoms with Crippen LogP contribution in [0.4, 0.5) is 4.39 Å². The minimum absolute atomic E-state index is 0.0828. The van der Waals surface area contributed by atoms with Gasteiger partial charge in [0, 0.05) is 38.2 Å². The molecule has 4 rings (SSSR count). The molecule has 2 heterocycles. The topological polar surface area (TPSA) is 50.6 Å². The van der Waals surface area contributed by atoms with Crippen LogP contribution in [-0.2, 0) is 19.5 Å². The molecule has 2 aromatic carbocycles. The lowest BCUT2D eigenvalue weighted by atomic mass is 10.0. The number of amides is 1. The van der Waals surface area contributed by atoms with Crippen molar-refractivity contribution in [2.24, 2.45) is 5.92 Å². The van der Waals surface area contributed by atoms with E-state index in [0.29, 0.717) is 13.1 Å². The minimum atomic E-state index is -0.509. The molecule has 0 spiro atoms. The number of rotatable bonds is 9. The molecular formula is C28H33FN4O2. The van der Waals surface area contributed by atoms with Crippen LogP contribution < -0.4 is 4.74 Å². The fraction of sp³-hybridized carbons (Fsp3) is 0.357. The summed E-state index contributed by atoms with van der Waals surface area (Å²) < 4.78 is 22.1. The molecular weight excluding hydrogens is 443 g/mol. The van der Waals surface area contributed by atoms with E-state index in [1.165, 1.54) is 6.07 Å². The lowest BCUT2D eigenvalue weighted by Gasteiger charge is -2.28. The van der Waals surface area contributed by atoms with Crippen molar-refractivity contribution in [2.45, 2.75) is 33.4 Å². The number of carbonyl (C=O) groups excluding carboxylic acids is 1. The zero-order valence-electron chi connectivity index (χ0n) is 20.7. The summed E-state index contributed by atoms with van der Waals surface area (Å²) in [6.07, 6.45) is 2.72. The van der Waals surface area contributed by atoms with Crippen LogP contribution in [0.15, 0.2) is 61.2 Å². The van der Waals surface area contributed by atoms with Crippen LogP contribution in [0.2, 0.25) is 0 Å². The normalized spacial score (nSPS) is 13.5. The zero-order chi connectivity index (χ0) is 24.9. The van der Waals surface area contributed by atoms with Gasteiger partial charge >= 0.3 is 0 Å². The number of methoxy groups -OCH3 is 1. The van der Waals surface area contributed by atoms with Crippen molar-refractivity contribution < 1.29 is 13.9 Å². The highest BCUT2D eigenvalue weighted by molar-refractivity contribution is 5.94. The first-order chi connectivity index (χ1) is 16.9. The number of halogens is 1. The average molecular weight is 477 g/mol. The first-order valence-electron chi connectivity index (χ1n) is 12.0. The molecule has 1 aromatic heterocycles. The van der Waals surface area contributed by atoms with Gasteiger partial charge in [0.2, 0.25) is 0 Å². The molecule has 6 nitrogen and oxygen atoms in total. The van der Waals surface area contributed by atoms with E-state index in [9.17, 15) is 9.18 Å². The highest BCUT2D eigenvalue weighted by Crippen LogP contribution is 2.30. The zero-order valence-corrected chi connectivity index (χ0v) is 20.7. The number of nitrogens with zero attached hydrogens (tertiary/aromatic N) is 4. The number of carbonyl (C=O) groups is 1. The standard InChI is InChI=1S/C28H33FN4O2/c1-5-15-31-16-14-25-22(18-31)24(30-33(25)26-12-8-9-13-27(26)35-4)19-32(17-20(2)3)28(34)21-10-6-7-11-23(21)29/h5-13,20H,1,14-19H2,2-4H3. The van der Waals surface area contributed by atoms with E-state index in [-0.39, 0.29) is 17.4 Å². The van der Waals surface area contributed by atoms with Crippen molar-refractivity contribution in [3.63, 3.8) is 0 Å². The Labute approximate surface area is 206 Å². The molecule has 7 heteroatoms. The van der Waals surface area contributed by atoms with Crippen LogP contribution in [0.25, 0.3) is 5.69 Å². The minimum Gasteiger partial charge on any atom is -0.494 e. The van der Waals surface area contributed by atoms with Crippen LogP contribution in [0.1, 0.15) is 41.2 Å². The molecule has 0 saturated carbocycles. The van der Waals surface area contributed by atoms with Crippen LogP contribution in [0.3, 0.4) is 0 Å². The fourth-order valence-electron chi connectivity index (χ4n) is 4.66. The van der Waals surface area contributed by atoms with Gasteiger partial charge in [-0.25, -0.2) is 9.07 Å². The molecule has 0 aliphatic carbocycles. The Hall–Kier alpha value is -3.45. The molecule has 0 fully saturated rings. The van der Waals surface area contributed by atoms with Crippen LogP contribution in [0, 0.1) is 11.7 Å². The van der Waals surface area contributed by atoms with E-state index in [0.717, 1.165) is 54.4 Å². The number of hydrogen-bond acceptors (Lipinski definition) is 4. The van der Waals surface area contributed by atoms with Crippen LogP contribution in [0.5, 0.6) is 5.75 Å². The van der Waals surface area contributed by atoms with Crippen molar-refractivity contribution in [3.05, 3.63) is 89.5 Å². The molecule has 1 aliphatic heterocycles. The highest BCUT2D eigenvalue weighted by atomic mass is 19.1. The second-order valence-corrected chi connectivity index (χ2v) is 9.29. The highest BCUT2D eigenvalue weighted by Gasteiger charge is 2.29.